The third kappa shape index (κ3) is 3.46. The maximum Gasteiger partial charge on any atom is 0.271 e. The summed E-state index contributed by atoms with van der Waals surface area (Å²) in [6.07, 6.45) is 1.92. The maximum absolute atomic E-state index is 12.1. The van der Waals surface area contributed by atoms with Crippen LogP contribution in [0.5, 0.6) is 0 Å². The molecule has 1 rings (SSSR count). The van der Waals surface area contributed by atoms with Crippen LogP contribution in [0.4, 0.5) is 0 Å². The lowest BCUT2D eigenvalue weighted by Crippen LogP contribution is -2.27. The SMILES string of the molecule is CCCCN(C)C(=O)c1csc(S(=O)(=O)Cl)c1C. The summed E-state index contributed by atoms with van der Waals surface area (Å²) in [6.45, 7) is 4.31. The lowest BCUT2D eigenvalue weighted by molar-refractivity contribution is 0.0793. The quantitative estimate of drug-likeness (QED) is 0.786. The largest absolute Gasteiger partial charge is 0.342 e. The fourth-order valence-electron chi connectivity index (χ4n) is 1.55. The molecule has 0 aromatic carbocycles. The molecule has 0 atom stereocenters. The molecule has 0 aliphatic heterocycles. The number of thiophene rings is 1. The molecule has 0 aliphatic carbocycles. The Balaban J connectivity index is 2.98. The smallest absolute Gasteiger partial charge is 0.271 e. The van der Waals surface area contributed by atoms with Gasteiger partial charge in [-0.1, -0.05) is 13.3 Å². The summed E-state index contributed by atoms with van der Waals surface area (Å²) >= 11 is 0.985. The molecule has 7 heteroatoms. The molecule has 0 aliphatic rings. The van der Waals surface area contributed by atoms with Gasteiger partial charge in [0.25, 0.3) is 15.0 Å². The molecule has 0 bridgehead atoms. The number of unbranched alkanes of at least 4 members (excludes halogenated alkanes) is 1. The summed E-state index contributed by atoms with van der Waals surface area (Å²) in [7, 11) is 3.25. The van der Waals surface area contributed by atoms with E-state index in [2.05, 4.69) is 0 Å². The first kappa shape index (κ1) is 15.5. The van der Waals surface area contributed by atoms with Crippen molar-refractivity contribution in [1.29, 1.82) is 0 Å². The van der Waals surface area contributed by atoms with Gasteiger partial charge < -0.3 is 4.90 Å². The van der Waals surface area contributed by atoms with Crippen molar-refractivity contribution in [3.05, 3.63) is 16.5 Å². The van der Waals surface area contributed by atoms with Crippen LogP contribution < -0.4 is 0 Å². The molecule has 4 nitrogen and oxygen atoms in total. The zero-order valence-electron chi connectivity index (χ0n) is 10.6. The van der Waals surface area contributed by atoms with Crippen molar-refractivity contribution >= 4 is 37.0 Å². The molecule has 0 saturated heterocycles. The molecule has 0 spiro atoms. The van der Waals surface area contributed by atoms with Crippen molar-refractivity contribution in [3.63, 3.8) is 0 Å². The molecular formula is C11H16ClNO3S2. The molecule has 102 valence electrons. The van der Waals surface area contributed by atoms with Crippen LogP contribution in [0.15, 0.2) is 9.59 Å². The monoisotopic (exact) mass is 309 g/mol. The third-order valence-corrected chi connectivity index (χ3v) is 5.95. The Hall–Kier alpha value is -0.590. The summed E-state index contributed by atoms with van der Waals surface area (Å²) in [5.74, 6) is -0.163. The van der Waals surface area contributed by atoms with Crippen LogP contribution in [0.2, 0.25) is 0 Å². The third-order valence-electron chi connectivity index (χ3n) is 2.64. The molecule has 18 heavy (non-hydrogen) atoms. The molecule has 1 aromatic rings. The number of rotatable bonds is 5. The highest BCUT2D eigenvalue weighted by Gasteiger charge is 2.23. The molecule has 1 heterocycles. The average molecular weight is 310 g/mol. The Morgan fingerprint density at radius 2 is 2.11 bits per heavy atom. The number of hydrogen-bond donors (Lipinski definition) is 0. The minimum absolute atomic E-state index is 0.0522. The van der Waals surface area contributed by atoms with E-state index < -0.39 is 9.05 Å². The lowest BCUT2D eigenvalue weighted by Gasteiger charge is -2.16. The lowest BCUT2D eigenvalue weighted by atomic mass is 10.2. The zero-order chi connectivity index (χ0) is 13.9. The molecule has 1 amide bonds. The van der Waals surface area contributed by atoms with Gasteiger partial charge in [-0.2, -0.15) is 0 Å². The van der Waals surface area contributed by atoms with E-state index in [0.717, 1.165) is 24.2 Å². The van der Waals surface area contributed by atoms with Crippen LogP contribution in [-0.2, 0) is 9.05 Å². The first-order chi connectivity index (χ1) is 8.29. The fourth-order valence-corrected chi connectivity index (χ4v) is 4.10. The normalized spacial score (nSPS) is 11.6. The Bertz CT molecular complexity index is 536. The van der Waals surface area contributed by atoms with Gasteiger partial charge >= 0.3 is 0 Å². The average Bonchev–Trinajstić information content (AvgIpc) is 2.66. The van der Waals surface area contributed by atoms with Gasteiger partial charge in [0.1, 0.15) is 4.21 Å². The van der Waals surface area contributed by atoms with Crippen molar-refractivity contribution in [1.82, 2.24) is 4.90 Å². The highest BCUT2D eigenvalue weighted by molar-refractivity contribution is 8.15. The van der Waals surface area contributed by atoms with E-state index in [0.29, 0.717) is 17.7 Å². The van der Waals surface area contributed by atoms with Gasteiger partial charge in [0.15, 0.2) is 0 Å². The Kier molecular flexibility index (Phi) is 5.19. The van der Waals surface area contributed by atoms with E-state index in [4.69, 9.17) is 10.7 Å². The summed E-state index contributed by atoms with van der Waals surface area (Å²) in [5.41, 5.74) is 0.848. The van der Waals surface area contributed by atoms with E-state index in [1.165, 1.54) is 0 Å². The van der Waals surface area contributed by atoms with E-state index in [-0.39, 0.29) is 10.1 Å². The number of halogens is 1. The van der Waals surface area contributed by atoms with Gasteiger partial charge in [0.05, 0.1) is 5.56 Å². The highest BCUT2D eigenvalue weighted by Crippen LogP contribution is 2.29. The standard InChI is InChI=1S/C11H16ClNO3S2/c1-4-5-6-13(3)10(14)9-7-17-11(8(9)2)18(12,15)16/h7H,4-6H2,1-3H3. The van der Waals surface area contributed by atoms with Crippen LogP contribution in [0.25, 0.3) is 0 Å². The topological polar surface area (TPSA) is 54.5 Å². The van der Waals surface area contributed by atoms with E-state index >= 15 is 0 Å². The molecule has 1 aromatic heterocycles. The van der Waals surface area contributed by atoms with Crippen LogP contribution in [0, 0.1) is 6.92 Å². The van der Waals surface area contributed by atoms with Gasteiger partial charge in [-0.15, -0.1) is 11.3 Å². The molecule has 0 radical (unpaired) electrons. The van der Waals surface area contributed by atoms with Crippen molar-refractivity contribution in [2.24, 2.45) is 0 Å². The number of carbonyl (C=O) groups excluding carboxylic acids is 1. The maximum atomic E-state index is 12.1. The van der Waals surface area contributed by atoms with Gasteiger partial charge in [0.2, 0.25) is 0 Å². The highest BCUT2D eigenvalue weighted by atomic mass is 35.7. The van der Waals surface area contributed by atoms with E-state index in [1.807, 2.05) is 6.92 Å². The molecule has 0 fully saturated rings. The first-order valence-corrected chi connectivity index (χ1v) is 8.76. The summed E-state index contributed by atoms with van der Waals surface area (Å²) in [5, 5.41) is 1.55. The minimum Gasteiger partial charge on any atom is -0.342 e. The number of carbonyl (C=O) groups is 1. The Labute approximate surface area is 116 Å². The van der Waals surface area contributed by atoms with Gasteiger partial charge in [-0.25, -0.2) is 8.42 Å². The Morgan fingerprint density at radius 3 is 2.56 bits per heavy atom. The van der Waals surface area contributed by atoms with Crippen LogP contribution in [-0.4, -0.2) is 32.8 Å². The van der Waals surface area contributed by atoms with Crippen molar-refractivity contribution in [3.8, 4) is 0 Å². The predicted octanol–water partition coefficient (Wildman–Crippen LogP) is 2.86. The van der Waals surface area contributed by atoms with E-state index in [1.54, 1.807) is 24.3 Å². The van der Waals surface area contributed by atoms with Crippen molar-refractivity contribution in [2.75, 3.05) is 13.6 Å². The van der Waals surface area contributed by atoms with Crippen LogP contribution >= 0.6 is 22.0 Å². The van der Waals surface area contributed by atoms with Gasteiger partial charge in [-0.3, -0.25) is 4.79 Å². The Morgan fingerprint density at radius 1 is 1.50 bits per heavy atom. The van der Waals surface area contributed by atoms with Gasteiger partial charge in [0, 0.05) is 29.7 Å². The second-order valence-electron chi connectivity index (χ2n) is 4.08. The molecule has 0 unspecified atom stereocenters. The van der Waals surface area contributed by atoms with Crippen LogP contribution in [0.3, 0.4) is 0 Å². The molecular weight excluding hydrogens is 294 g/mol. The number of hydrogen-bond acceptors (Lipinski definition) is 4. The number of nitrogens with zero attached hydrogens (tertiary/aromatic N) is 1. The fraction of sp³-hybridized carbons (Fsp3) is 0.545. The van der Waals surface area contributed by atoms with Gasteiger partial charge in [-0.05, 0) is 18.9 Å². The first-order valence-electron chi connectivity index (χ1n) is 5.57. The summed E-state index contributed by atoms with van der Waals surface area (Å²) < 4.78 is 22.6. The van der Waals surface area contributed by atoms with Crippen molar-refractivity contribution in [2.45, 2.75) is 30.9 Å². The second kappa shape index (κ2) is 6.04. The van der Waals surface area contributed by atoms with Crippen molar-refractivity contribution < 1.29 is 13.2 Å². The van der Waals surface area contributed by atoms with Crippen LogP contribution in [0.1, 0.15) is 35.7 Å². The summed E-state index contributed by atoms with van der Waals surface area (Å²) in [6, 6.07) is 0. The second-order valence-corrected chi connectivity index (χ2v) is 7.72. The summed E-state index contributed by atoms with van der Waals surface area (Å²) in [4.78, 5) is 13.7. The minimum atomic E-state index is -3.77. The molecule has 0 N–H and O–H groups in total. The number of amides is 1. The zero-order valence-corrected chi connectivity index (χ0v) is 13.0. The molecule has 0 saturated carbocycles. The van der Waals surface area contributed by atoms with E-state index in [9.17, 15) is 13.2 Å². The predicted molar refractivity (Wildman–Crippen MR) is 74.0 cm³/mol.